The van der Waals surface area contributed by atoms with Crippen LogP contribution in [-0.2, 0) is 14.4 Å². The monoisotopic (exact) mass is 492 g/mol. The van der Waals surface area contributed by atoms with E-state index in [1.54, 1.807) is 19.2 Å². The third-order valence-corrected chi connectivity index (χ3v) is 9.96. The van der Waals surface area contributed by atoms with Gasteiger partial charge >= 0.3 is 0 Å². The number of hydrogen-bond acceptors (Lipinski definition) is 4. The van der Waals surface area contributed by atoms with Crippen LogP contribution in [0.25, 0.3) is 0 Å². The first-order valence-corrected chi connectivity index (χ1v) is 13.9. The minimum atomic E-state index is -0.594. The molecule has 5 aliphatic rings. The SMILES string of the molecule is CC[C@H]1[C@@H]2C=C[C@@H]3[C@H]4C/C=C\C(=O)NCCC[C@H]5C(=O)C(=C(O)C=C[C@@H]4C[C@@H]3[C@H]2C[C@H]1C)C(=O)N5C. The summed E-state index contributed by atoms with van der Waals surface area (Å²) in [7, 11) is 1.61. The van der Waals surface area contributed by atoms with Crippen LogP contribution in [0.5, 0.6) is 0 Å². The van der Waals surface area contributed by atoms with Gasteiger partial charge in [-0.1, -0.05) is 44.6 Å². The Hall–Kier alpha value is -2.63. The molecule has 6 nitrogen and oxygen atoms in total. The summed E-state index contributed by atoms with van der Waals surface area (Å²) in [6.45, 7) is 5.15. The van der Waals surface area contributed by atoms with Crippen LogP contribution in [0.4, 0.5) is 0 Å². The number of likely N-dealkylation sites (N-methyl/N-ethyl adjacent to an activating group) is 1. The van der Waals surface area contributed by atoms with Crippen molar-refractivity contribution >= 4 is 17.6 Å². The van der Waals surface area contributed by atoms with Gasteiger partial charge in [-0.25, -0.2) is 0 Å². The van der Waals surface area contributed by atoms with E-state index in [4.69, 9.17) is 0 Å². The molecule has 1 saturated heterocycles. The lowest BCUT2D eigenvalue weighted by atomic mass is 9.69. The maximum absolute atomic E-state index is 13.0. The van der Waals surface area contributed by atoms with E-state index in [0.717, 1.165) is 24.7 Å². The topological polar surface area (TPSA) is 86.7 Å². The lowest BCUT2D eigenvalue weighted by Crippen LogP contribution is -2.33. The molecule has 0 aromatic heterocycles. The zero-order valence-corrected chi connectivity index (χ0v) is 21.7. The van der Waals surface area contributed by atoms with E-state index in [2.05, 4.69) is 31.3 Å². The molecule has 3 fully saturated rings. The summed E-state index contributed by atoms with van der Waals surface area (Å²) < 4.78 is 0. The molecule has 2 heterocycles. The minimum Gasteiger partial charge on any atom is -0.507 e. The van der Waals surface area contributed by atoms with Crippen molar-refractivity contribution in [3.8, 4) is 0 Å². The predicted molar refractivity (Wildman–Crippen MR) is 139 cm³/mol. The molecule has 0 aromatic rings. The van der Waals surface area contributed by atoms with Crippen LogP contribution in [0.2, 0.25) is 0 Å². The van der Waals surface area contributed by atoms with Crippen molar-refractivity contribution < 1.29 is 19.5 Å². The number of hydrogen-bond donors (Lipinski definition) is 2. The van der Waals surface area contributed by atoms with Crippen LogP contribution >= 0.6 is 0 Å². The Morgan fingerprint density at radius 1 is 1.03 bits per heavy atom. The Labute approximate surface area is 214 Å². The van der Waals surface area contributed by atoms with E-state index >= 15 is 0 Å². The molecule has 0 unspecified atom stereocenters. The smallest absolute Gasteiger partial charge is 0.261 e. The number of aliphatic hydroxyl groups excluding tert-OH is 1. The molecule has 194 valence electrons. The van der Waals surface area contributed by atoms with E-state index in [1.807, 2.05) is 12.2 Å². The normalized spacial score (nSPS) is 41.8. The fraction of sp³-hybridized carbons (Fsp3) is 0.633. The second-order valence-corrected chi connectivity index (χ2v) is 11.7. The molecular formula is C30H40N2O4. The third-order valence-electron chi connectivity index (χ3n) is 9.96. The number of carbonyl (C=O) groups is 3. The Morgan fingerprint density at radius 2 is 1.78 bits per heavy atom. The molecule has 36 heavy (non-hydrogen) atoms. The summed E-state index contributed by atoms with van der Waals surface area (Å²) in [5.74, 6) is 3.30. The molecule has 0 spiro atoms. The number of nitrogens with one attached hydrogen (secondary N) is 1. The fourth-order valence-electron chi connectivity index (χ4n) is 8.21. The molecule has 2 N–H and O–H groups in total. The molecule has 9 atom stereocenters. The minimum absolute atomic E-state index is 0.0999. The van der Waals surface area contributed by atoms with Crippen LogP contribution in [0.3, 0.4) is 0 Å². The van der Waals surface area contributed by atoms with Gasteiger partial charge in [0.25, 0.3) is 5.91 Å². The van der Waals surface area contributed by atoms with Crippen molar-refractivity contribution in [3.63, 3.8) is 0 Å². The van der Waals surface area contributed by atoms with Crippen molar-refractivity contribution in [2.45, 2.75) is 58.4 Å². The predicted octanol–water partition coefficient (Wildman–Crippen LogP) is 4.36. The highest BCUT2D eigenvalue weighted by molar-refractivity contribution is 6.26. The van der Waals surface area contributed by atoms with Gasteiger partial charge < -0.3 is 15.3 Å². The maximum Gasteiger partial charge on any atom is 0.261 e. The lowest BCUT2D eigenvalue weighted by Gasteiger charge is -2.35. The fourth-order valence-corrected chi connectivity index (χ4v) is 8.21. The van der Waals surface area contributed by atoms with Gasteiger partial charge in [-0.2, -0.15) is 0 Å². The Morgan fingerprint density at radius 3 is 2.56 bits per heavy atom. The highest BCUT2D eigenvalue weighted by Crippen LogP contribution is 2.59. The zero-order valence-electron chi connectivity index (χ0n) is 21.7. The maximum atomic E-state index is 13.0. The van der Waals surface area contributed by atoms with Gasteiger partial charge in [-0.15, -0.1) is 0 Å². The van der Waals surface area contributed by atoms with Gasteiger partial charge in [0.1, 0.15) is 11.3 Å². The van der Waals surface area contributed by atoms with Gasteiger partial charge in [-0.3, -0.25) is 14.4 Å². The van der Waals surface area contributed by atoms with Crippen LogP contribution in [0.1, 0.15) is 52.4 Å². The van der Waals surface area contributed by atoms with E-state index < -0.39 is 11.9 Å². The van der Waals surface area contributed by atoms with Crippen molar-refractivity contribution in [3.05, 3.63) is 47.8 Å². The van der Waals surface area contributed by atoms with Crippen molar-refractivity contribution in [1.82, 2.24) is 10.2 Å². The highest BCUT2D eigenvalue weighted by Gasteiger charge is 2.52. The summed E-state index contributed by atoms with van der Waals surface area (Å²) in [5, 5.41) is 13.8. The molecule has 2 aliphatic heterocycles. The van der Waals surface area contributed by atoms with Crippen LogP contribution in [0, 0.1) is 47.3 Å². The van der Waals surface area contributed by atoms with Gasteiger partial charge in [0.05, 0.1) is 6.04 Å². The number of likely N-dealkylation sites (tertiary alicyclic amines) is 1. The van der Waals surface area contributed by atoms with E-state index in [0.29, 0.717) is 49.0 Å². The largest absolute Gasteiger partial charge is 0.507 e. The number of ketones is 1. The van der Waals surface area contributed by atoms with Crippen LogP contribution < -0.4 is 5.32 Å². The summed E-state index contributed by atoms with van der Waals surface area (Å²) >= 11 is 0. The second-order valence-electron chi connectivity index (χ2n) is 11.7. The summed E-state index contributed by atoms with van der Waals surface area (Å²) in [4.78, 5) is 39.7. The first-order chi connectivity index (χ1) is 17.3. The second kappa shape index (κ2) is 10.0. The van der Waals surface area contributed by atoms with Gasteiger partial charge in [-0.05, 0) is 91.6 Å². The van der Waals surface area contributed by atoms with E-state index in [9.17, 15) is 19.5 Å². The first kappa shape index (κ1) is 25.0. The molecule has 6 heteroatoms. The summed E-state index contributed by atoms with van der Waals surface area (Å²) in [6, 6.07) is -0.594. The van der Waals surface area contributed by atoms with Crippen molar-refractivity contribution in [2.24, 2.45) is 47.3 Å². The van der Waals surface area contributed by atoms with Crippen LogP contribution in [0.15, 0.2) is 47.8 Å². The van der Waals surface area contributed by atoms with Gasteiger partial charge in [0, 0.05) is 13.6 Å². The highest BCUT2D eigenvalue weighted by atomic mass is 16.3. The standard InChI is InChI=1S/C30H40N2O4/c1-4-19-17(2)15-23-21(19)11-12-22-20-7-5-9-27(34)31-14-6-8-25-29(35)28(30(36)32(25)3)26(33)13-10-18(20)16-24(22)23/h5,9-13,17-25,33H,4,6-8,14-16H2,1-3H3,(H,31,34)/b9-5-,13-10?,28-26?/t17-,18-,19-,20+,21+,22-,23+,24+,25+/m1/s1. The molecule has 0 aromatic carbocycles. The lowest BCUT2D eigenvalue weighted by molar-refractivity contribution is -0.125. The van der Waals surface area contributed by atoms with Crippen molar-refractivity contribution in [1.29, 1.82) is 0 Å². The van der Waals surface area contributed by atoms with E-state index in [1.165, 1.54) is 17.7 Å². The molecule has 2 amide bonds. The number of allylic oxidation sites excluding steroid dienone is 5. The Bertz CT molecular complexity index is 1040. The number of aliphatic hydroxyl groups is 1. The zero-order chi connectivity index (χ0) is 25.6. The number of rotatable bonds is 1. The number of amides is 2. The Kier molecular flexibility index (Phi) is 6.97. The molecule has 5 rings (SSSR count). The van der Waals surface area contributed by atoms with Crippen LogP contribution in [-0.4, -0.2) is 47.2 Å². The molecule has 0 radical (unpaired) electrons. The number of nitrogens with zero attached hydrogens (tertiary/aromatic N) is 1. The van der Waals surface area contributed by atoms with Gasteiger partial charge in [0.2, 0.25) is 5.91 Å². The summed E-state index contributed by atoms with van der Waals surface area (Å²) in [6.07, 6.45) is 17.5. The molecular weight excluding hydrogens is 452 g/mol. The van der Waals surface area contributed by atoms with Gasteiger partial charge in [0.15, 0.2) is 5.78 Å². The number of fused-ring (bicyclic) bond motifs is 7. The first-order valence-electron chi connectivity index (χ1n) is 13.9. The summed E-state index contributed by atoms with van der Waals surface area (Å²) in [5.41, 5.74) is -0.0999. The molecule has 2 saturated carbocycles. The van der Waals surface area contributed by atoms with Crippen molar-refractivity contribution in [2.75, 3.05) is 13.6 Å². The number of carbonyl (C=O) groups excluding carboxylic acids is 3. The van der Waals surface area contributed by atoms with E-state index in [-0.39, 0.29) is 28.9 Å². The quantitative estimate of drug-likeness (QED) is 0.421. The number of Topliss-reactive ketones (excluding diaryl/α,β-unsaturated/α-hetero) is 1. The average molecular weight is 493 g/mol. The third kappa shape index (κ3) is 4.26. The molecule has 2 bridgehead atoms. The molecule has 3 aliphatic carbocycles. The Balaban J connectivity index is 1.47. The average Bonchev–Trinajstić information content (AvgIpc) is 3.44.